The van der Waals surface area contributed by atoms with Gasteiger partial charge in [-0.15, -0.1) is 0 Å². The summed E-state index contributed by atoms with van der Waals surface area (Å²) in [5.41, 5.74) is 0. The Morgan fingerprint density at radius 1 is 1.60 bits per heavy atom. The van der Waals surface area contributed by atoms with Crippen molar-refractivity contribution >= 4 is 0 Å². The van der Waals surface area contributed by atoms with E-state index < -0.39 is 0 Å². The van der Waals surface area contributed by atoms with Crippen molar-refractivity contribution in [3.8, 4) is 0 Å². The molecule has 60 valence electrons. The van der Waals surface area contributed by atoms with Gasteiger partial charge in [-0.3, -0.25) is 0 Å². The van der Waals surface area contributed by atoms with Gasteiger partial charge in [-0.25, -0.2) is 0 Å². The second-order valence-electron chi connectivity index (χ2n) is 3.11. The van der Waals surface area contributed by atoms with Crippen LogP contribution in [0.5, 0.6) is 0 Å². The van der Waals surface area contributed by atoms with E-state index in [4.69, 9.17) is 0 Å². The standard InChI is InChI=1S/C8H18N2/c1-3-10-5-4-8(7-10)6-9-2/h8-9H,3-7H2,1-2H3. The fraction of sp³-hybridized carbons (Fsp3) is 1.00. The van der Waals surface area contributed by atoms with Crippen LogP contribution in [0.3, 0.4) is 0 Å². The topological polar surface area (TPSA) is 15.3 Å². The van der Waals surface area contributed by atoms with Gasteiger partial charge in [0.05, 0.1) is 0 Å². The lowest BCUT2D eigenvalue weighted by atomic mass is 10.1. The maximum absolute atomic E-state index is 3.23. The first-order valence-corrected chi connectivity index (χ1v) is 4.23. The molecule has 0 aromatic rings. The highest BCUT2D eigenvalue weighted by atomic mass is 15.1. The summed E-state index contributed by atoms with van der Waals surface area (Å²) in [5, 5.41) is 3.23. The minimum Gasteiger partial charge on any atom is -0.319 e. The normalized spacial score (nSPS) is 27.6. The van der Waals surface area contributed by atoms with Crippen molar-refractivity contribution in [1.29, 1.82) is 0 Å². The lowest BCUT2D eigenvalue weighted by Crippen LogP contribution is -2.24. The van der Waals surface area contributed by atoms with E-state index in [0.717, 1.165) is 5.92 Å². The molecule has 0 aromatic heterocycles. The zero-order chi connectivity index (χ0) is 7.40. The lowest BCUT2D eigenvalue weighted by molar-refractivity contribution is 0.340. The van der Waals surface area contributed by atoms with Gasteiger partial charge in [0.15, 0.2) is 0 Å². The minimum absolute atomic E-state index is 0.907. The van der Waals surface area contributed by atoms with Crippen LogP contribution < -0.4 is 5.32 Å². The SMILES string of the molecule is CCN1CCC(CNC)C1. The Balaban J connectivity index is 2.15. The number of nitrogens with one attached hydrogen (secondary N) is 1. The molecule has 2 nitrogen and oxygen atoms in total. The number of rotatable bonds is 3. The largest absolute Gasteiger partial charge is 0.319 e. The Bertz CT molecular complexity index is 93.3. The van der Waals surface area contributed by atoms with Gasteiger partial charge in [-0.05, 0) is 39.0 Å². The van der Waals surface area contributed by atoms with Crippen LogP contribution in [0.2, 0.25) is 0 Å². The van der Waals surface area contributed by atoms with Gasteiger partial charge >= 0.3 is 0 Å². The Kier molecular flexibility index (Phi) is 3.16. The molecule has 0 aliphatic carbocycles. The van der Waals surface area contributed by atoms with Gasteiger partial charge < -0.3 is 10.2 Å². The molecule has 1 fully saturated rings. The molecular formula is C8H18N2. The number of nitrogens with zero attached hydrogens (tertiary/aromatic N) is 1. The van der Waals surface area contributed by atoms with Crippen LogP contribution in [0.1, 0.15) is 13.3 Å². The van der Waals surface area contributed by atoms with Crippen molar-refractivity contribution in [2.45, 2.75) is 13.3 Å². The van der Waals surface area contributed by atoms with Crippen LogP contribution in [-0.2, 0) is 0 Å². The summed E-state index contributed by atoms with van der Waals surface area (Å²) in [6, 6.07) is 0. The Morgan fingerprint density at radius 2 is 2.40 bits per heavy atom. The fourth-order valence-corrected chi connectivity index (χ4v) is 1.66. The van der Waals surface area contributed by atoms with Crippen LogP contribution in [-0.4, -0.2) is 38.1 Å². The van der Waals surface area contributed by atoms with E-state index in [9.17, 15) is 0 Å². The van der Waals surface area contributed by atoms with E-state index in [1.165, 1.54) is 32.6 Å². The summed E-state index contributed by atoms with van der Waals surface area (Å²) in [5.74, 6) is 0.907. The highest BCUT2D eigenvalue weighted by molar-refractivity contribution is 4.75. The van der Waals surface area contributed by atoms with Crippen molar-refractivity contribution in [2.24, 2.45) is 5.92 Å². The van der Waals surface area contributed by atoms with Crippen molar-refractivity contribution in [2.75, 3.05) is 33.2 Å². The third-order valence-corrected chi connectivity index (χ3v) is 2.31. The van der Waals surface area contributed by atoms with Crippen LogP contribution in [0.15, 0.2) is 0 Å². The number of hydrogen-bond donors (Lipinski definition) is 1. The van der Waals surface area contributed by atoms with E-state index in [1.807, 2.05) is 7.05 Å². The molecule has 1 N–H and O–H groups in total. The molecule has 1 unspecified atom stereocenters. The molecule has 0 radical (unpaired) electrons. The van der Waals surface area contributed by atoms with E-state index in [-0.39, 0.29) is 0 Å². The third kappa shape index (κ3) is 1.96. The Hall–Kier alpha value is -0.0800. The van der Waals surface area contributed by atoms with Crippen LogP contribution >= 0.6 is 0 Å². The minimum atomic E-state index is 0.907. The van der Waals surface area contributed by atoms with Crippen molar-refractivity contribution in [1.82, 2.24) is 10.2 Å². The molecule has 0 bridgehead atoms. The average Bonchev–Trinajstić information content (AvgIpc) is 2.37. The van der Waals surface area contributed by atoms with E-state index in [0.29, 0.717) is 0 Å². The number of likely N-dealkylation sites (tertiary alicyclic amines) is 1. The molecule has 1 atom stereocenters. The van der Waals surface area contributed by atoms with E-state index in [1.54, 1.807) is 0 Å². The molecule has 0 spiro atoms. The van der Waals surface area contributed by atoms with Crippen LogP contribution in [0.4, 0.5) is 0 Å². The molecule has 2 heteroatoms. The Labute approximate surface area is 63.6 Å². The highest BCUT2D eigenvalue weighted by Gasteiger charge is 2.19. The maximum atomic E-state index is 3.23. The molecule has 1 aliphatic rings. The molecule has 1 saturated heterocycles. The predicted molar refractivity (Wildman–Crippen MR) is 44.1 cm³/mol. The third-order valence-electron chi connectivity index (χ3n) is 2.31. The molecule has 1 heterocycles. The van der Waals surface area contributed by atoms with E-state index >= 15 is 0 Å². The highest BCUT2D eigenvalue weighted by Crippen LogP contribution is 2.13. The Morgan fingerprint density at radius 3 is 2.90 bits per heavy atom. The van der Waals surface area contributed by atoms with Gasteiger partial charge in [0.25, 0.3) is 0 Å². The molecule has 1 rings (SSSR count). The summed E-state index contributed by atoms with van der Waals surface area (Å²) < 4.78 is 0. The molecule has 0 amide bonds. The van der Waals surface area contributed by atoms with Crippen molar-refractivity contribution in [3.05, 3.63) is 0 Å². The first-order chi connectivity index (χ1) is 4.86. The summed E-state index contributed by atoms with van der Waals surface area (Å²) in [7, 11) is 2.04. The fourth-order valence-electron chi connectivity index (χ4n) is 1.66. The number of hydrogen-bond acceptors (Lipinski definition) is 2. The summed E-state index contributed by atoms with van der Waals surface area (Å²) in [6.45, 7) is 7.26. The van der Waals surface area contributed by atoms with Gasteiger partial charge in [0.1, 0.15) is 0 Å². The quantitative estimate of drug-likeness (QED) is 0.619. The first-order valence-electron chi connectivity index (χ1n) is 4.23. The zero-order valence-electron chi connectivity index (χ0n) is 7.06. The van der Waals surface area contributed by atoms with Crippen molar-refractivity contribution in [3.63, 3.8) is 0 Å². The van der Waals surface area contributed by atoms with Gasteiger partial charge in [-0.2, -0.15) is 0 Å². The molecule has 0 aromatic carbocycles. The first kappa shape index (κ1) is 8.02. The summed E-state index contributed by atoms with van der Waals surface area (Å²) >= 11 is 0. The van der Waals surface area contributed by atoms with Gasteiger partial charge in [0.2, 0.25) is 0 Å². The zero-order valence-corrected chi connectivity index (χ0v) is 7.06. The van der Waals surface area contributed by atoms with Gasteiger partial charge in [0, 0.05) is 6.54 Å². The van der Waals surface area contributed by atoms with E-state index in [2.05, 4.69) is 17.1 Å². The van der Waals surface area contributed by atoms with Crippen LogP contribution in [0.25, 0.3) is 0 Å². The van der Waals surface area contributed by atoms with Crippen molar-refractivity contribution < 1.29 is 0 Å². The molecular weight excluding hydrogens is 124 g/mol. The summed E-state index contributed by atoms with van der Waals surface area (Å²) in [6.07, 6.45) is 1.38. The summed E-state index contributed by atoms with van der Waals surface area (Å²) in [4.78, 5) is 2.52. The predicted octanol–water partition coefficient (Wildman–Crippen LogP) is 0.548. The lowest BCUT2D eigenvalue weighted by Gasteiger charge is -2.12. The van der Waals surface area contributed by atoms with Gasteiger partial charge in [-0.1, -0.05) is 6.92 Å². The average molecular weight is 142 g/mol. The maximum Gasteiger partial charge on any atom is 0.00222 e. The second kappa shape index (κ2) is 3.94. The van der Waals surface area contributed by atoms with Crippen LogP contribution in [0, 0.1) is 5.92 Å². The molecule has 10 heavy (non-hydrogen) atoms. The smallest absolute Gasteiger partial charge is 0.00222 e. The monoisotopic (exact) mass is 142 g/mol. The molecule has 1 aliphatic heterocycles. The second-order valence-corrected chi connectivity index (χ2v) is 3.11. The molecule has 0 saturated carbocycles.